The van der Waals surface area contributed by atoms with Crippen molar-refractivity contribution in [3.8, 4) is 0 Å². The van der Waals surface area contributed by atoms with Crippen molar-refractivity contribution in [1.29, 1.82) is 0 Å². The molecule has 132 valence electrons. The summed E-state index contributed by atoms with van der Waals surface area (Å²) in [5.41, 5.74) is -0.666. The van der Waals surface area contributed by atoms with Gasteiger partial charge in [-0.25, -0.2) is 0 Å². The SMILES string of the molecule is CCCC(O)(CCC)CN=C(NCC)NCCN(C)C(C)C. The summed E-state index contributed by atoms with van der Waals surface area (Å²) in [7, 11) is 2.12. The maximum Gasteiger partial charge on any atom is 0.191 e. The minimum atomic E-state index is -0.666. The van der Waals surface area contributed by atoms with Gasteiger partial charge >= 0.3 is 0 Å². The number of nitrogens with zero attached hydrogens (tertiary/aromatic N) is 2. The number of rotatable bonds is 11. The van der Waals surface area contributed by atoms with Crippen molar-refractivity contribution >= 4 is 5.96 Å². The molecule has 22 heavy (non-hydrogen) atoms. The van der Waals surface area contributed by atoms with Crippen LogP contribution in [0.3, 0.4) is 0 Å². The Morgan fingerprint density at radius 1 is 1.14 bits per heavy atom. The molecule has 0 aliphatic heterocycles. The Labute approximate surface area is 137 Å². The van der Waals surface area contributed by atoms with E-state index >= 15 is 0 Å². The first kappa shape index (κ1) is 21.2. The molecule has 5 heteroatoms. The van der Waals surface area contributed by atoms with Gasteiger partial charge in [0.2, 0.25) is 0 Å². The fourth-order valence-electron chi connectivity index (χ4n) is 2.39. The van der Waals surface area contributed by atoms with E-state index in [2.05, 4.69) is 62.2 Å². The minimum Gasteiger partial charge on any atom is -0.388 e. The zero-order valence-corrected chi connectivity index (χ0v) is 15.6. The molecule has 0 aliphatic rings. The highest BCUT2D eigenvalue weighted by Gasteiger charge is 2.24. The third-order valence-corrected chi connectivity index (χ3v) is 3.94. The third kappa shape index (κ3) is 9.26. The van der Waals surface area contributed by atoms with Crippen LogP contribution in [0.25, 0.3) is 0 Å². The largest absolute Gasteiger partial charge is 0.388 e. The Bertz CT molecular complexity index is 299. The summed E-state index contributed by atoms with van der Waals surface area (Å²) >= 11 is 0. The minimum absolute atomic E-state index is 0.462. The van der Waals surface area contributed by atoms with E-state index in [0.717, 1.165) is 51.3 Å². The Morgan fingerprint density at radius 3 is 2.18 bits per heavy atom. The first-order valence-corrected chi connectivity index (χ1v) is 8.83. The van der Waals surface area contributed by atoms with E-state index in [1.165, 1.54) is 0 Å². The van der Waals surface area contributed by atoms with Gasteiger partial charge in [0.15, 0.2) is 5.96 Å². The van der Waals surface area contributed by atoms with E-state index in [-0.39, 0.29) is 0 Å². The van der Waals surface area contributed by atoms with E-state index in [0.29, 0.717) is 12.6 Å². The number of likely N-dealkylation sites (N-methyl/N-ethyl adjacent to an activating group) is 1. The summed E-state index contributed by atoms with van der Waals surface area (Å²) in [6.45, 7) is 13.8. The summed E-state index contributed by atoms with van der Waals surface area (Å²) in [5, 5.41) is 17.2. The van der Waals surface area contributed by atoms with Crippen LogP contribution in [0.4, 0.5) is 0 Å². The van der Waals surface area contributed by atoms with E-state index in [9.17, 15) is 5.11 Å². The van der Waals surface area contributed by atoms with Crippen LogP contribution in [-0.2, 0) is 0 Å². The first-order chi connectivity index (χ1) is 10.4. The lowest BCUT2D eigenvalue weighted by molar-refractivity contribution is 0.0306. The molecular formula is C17H38N4O. The summed E-state index contributed by atoms with van der Waals surface area (Å²) < 4.78 is 0. The fourth-order valence-corrected chi connectivity index (χ4v) is 2.39. The quantitative estimate of drug-likeness (QED) is 0.404. The predicted octanol–water partition coefficient (Wildman–Crippen LogP) is 2.21. The van der Waals surface area contributed by atoms with E-state index < -0.39 is 5.60 Å². The average Bonchev–Trinajstić information content (AvgIpc) is 2.45. The lowest BCUT2D eigenvalue weighted by Gasteiger charge is -2.26. The van der Waals surface area contributed by atoms with E-state index in [1.807, 2.05) is 0 Å². The van der Waals surface area contributed by atoms with Crippen LogP contribution >= 0.6 is 0 Å². The van der Waals surface area contributed by atoms with Crippen molar-refractivity contribution in [2.75, 3.05) is 33.2 Å². The highest BCUT2D eigenvalue weighted by Crippen LogP contribution is 2.19. The van der Waals surface area contributed by atoms with Crippen LogP contribution in [0.1, 0.15) is 60.3 Å². The maximum atomic E-state index is 10.6. The average molecular weight is 315 g/mol. The van der Waals surface area contributed by atoms with Gasteiger partial charge in [0.05, 0.1) is 12.1 Å². The van der Waals surface area contributed by atoms with Crippen LogP contribution < -0.4 is 10.6 Å². The number of hydrogen-bond acceptors (Lipinski definition) is 3. The number of aliphatic imine (C=N–C) groups is 1. The molecule has 0 aliphatic carbocycles. The van der Waals surface area contributed by atoms with Crippen molar-refractivity contribution in [3.63, 3.8) is 0 Å². The van der Waals surface area contributed by atoms with Gasteiger partial charge < -0.3 is 20.6 Å². The molecule has 5 nitrogen and oxygen atoms in total. The topological polar surface area (TPSA) is 59.9 Å². The molecule has 0 amide bonds. The monoisotopic (exact) mass is 314 g/mol. The van der Waals surface area contributed by atoms with Crippen LogP contribution in [0.15, 0.2) is 4.99 Å². The van der Waals surface area contributed by atoms with Crippen molar-refractivity contribution < 1.29 is 5.11 Å². The Morgan fingerprint density at radius 2 is 1.73 bits per heavy atom. The van der Waals surface area contributed by atoms with Gasteiger partial charge in [-0.1, -0.05) is 26.7 Å². The first-order valence-electron chi connectivity index (χ1n) is 8.83. The highest BCUT2D eigenvalue weighted by molar-refractivity contribution is 5.79. The summed E-state index contributed by atoms with van der Waals surface area (Å²) in [4.78, 5) is 6.88. The molecule has 0 aromatic heterocycles. The second kappa shape index (κ2) is 11.7. The van der Waals surface area contributed by atoms with Gasteiger partial charge in [-0.05, 0) is 40.7 Å². The molecule has 0 spiro atoms. The Balaban J connectivity index is 4.51. The van der Waals surface area contributed by atoms with Crippen molar-refractivity contribution in [2.45, 2.75) is 71.9 Å². The molecule has 0 bridgehead atoms. The molecule has 0 saturated carbocycles. The number of hydrogen-bond donors (Lipinski definition) is 3. The van der Waals surface area contributed by atoms with E-state index in [1.54, 1.807) is 0 Å². The summed E-state index contributed by atoms with van der Waals surface area (Å²) in [5.74, 6) is 0.797. The molecule has 3 N–H and O–H groups in total. The van der Waals surface area contributed by atoms with Gasteiger partial charge in [-0.2, -0.15) is 0 Å². The zero-order valence-electron chi connectivity index (χ0n) is 15.6. The van der Waals surface area contributed by atoms with Gasteiger partial charge in [0.1, 0.15) is 0 Å². The van der Waals surface area contributed by atoms with Crippen molar-refractivity contribution in [2.24, 2.45) is 4.99 Å². The lowest BCUT2D eigenvalue weighted by atomic mass is 9.93. The number of aliphatic hydroxyl groups is 1. The van der Waals surface area contributed by atoms with E-state index in [4.69, 9.17) is 0 Å². The summed E-state index contributed by atoms with van der Waals surface area (Å²) in [6.07, 6.45) is 3.57. The van der Waals surface area contributed by atoms with Crippen LogP contribution in [0, 0.1) is 0 Å². The second-order valence-electron chi connectivity index (χ2n) is 6.42. The Kier molecular flexibility index (Phi) is 11.3. The smallest absolute Gasteiger partial charge is 0.191 e. The van der Waals surface area contributed by atoms with Crippen molar-refractivity contribution in [1.82, 2.24) is 15.5 Å². The van der Waals surface area contributed by atoms with Gasteiger partial charge in [0.25, 0.3) is 0 Å². The maximum absolute atomic E-state index is 10.6. The fraction of sp³-hybridized carbons (Fsp3) is 0.941. The molecule has 0 aromatic carbocycles. The second-order valence-corrected chi connectivity index (χ2v) is 6.42. The Hall–Kier alpha value is -0.810. The summed E-state index contributed by atoms with van der Waals surface area (Å²) in [6, 6.07) is 0.542. The molecule has 0 fully saturated rings. The van der Waals surface area contributed by atoms with Crippen molar-refractivity contribution in [3.05, 3.63) is 0 Å². The standard InChI is InChI=1S/C17H38N4O/c1-7-10-17(22,11-8-2)14-20-16(18-9-3)19-12-13-21(6)15(4)5/h15,22H,7-14H2,1-6H3,(H2,18,19,20). The van der Waals surface area contributed by atoms with Crippen LogP contribution in [0.5, 0.6) is 0 Å². The molecule has 0 saturated heterocycles. The van der Waals surface area contributed by atoms with Gasteiger partial charge in [0, 0.05) is 25.7 Å². The van der Waals surface area contributed by atoms with Crippen LogP contribution in [-0.4, -0.2) is 60.8 Å². The third-order valence-electron chi connectivity index (χ3n) is 3.94. The molecular weight excluding hydrogens is 276 g/mol. The van der Waals surface area contributed by atoms with Gasteiger partial charge in [-0.15, -0.1) is 0 Å². The molecule has 0 unspecified atom stereocenters. The molecule has 0 rings (SSSR count). The number of nitrogens with one attached hydrogen (secondary N) is 2. The normalized spacial score (nSPS) is 13.0. The molecule has 0 aromatic rings. The predicted molar refractivity (Wildman–Crippen MR) is 96.5 cm³/mol. The zero-order chi connectivity index (χ0) is 17.0. The van der Waals surface area contributed by atoms with Gasteiger partial charge in [-0.3, -0.25) is 4.99 Å². The molecule has 0 radical (unpaired) electrons. The lowest BCUT2D eigenvalue weighted by Crippen LogP contribution is -2.43. The highest BCUT2D eigenvalue weighted by atomic mass is 16.3. The number of guanidine groups is 1. The van der Waals surface area contributed by atoms with Crippen LogP contribution in [0.2, 0.25) is 0 Å². The molecule has 0 atom stereocenters. The molecule has 0 heterocycles.